The van der Waals surface area contributed by atoms with Crippen LogP contribution in [-0.2, 0) is 13.0 Å². The van der Waals surface area contributed by atoms with Gasteiger partial charge in [0.1, 0.15) is 11.6 Å². The second-order valence-corrected chi connectivity index (χ2v) is 5.20. The van der Waals surface area contributed by atoms with E-state index in [-0.39, 0.29) is 24.1 Å². The Kier molecular flexibility index (Phi) is 6.21. The van der Waals surface area contributed by atoms with Gasteiger partial charge in [0.2, 0.25) is 0 Å². The molecule has 0 aliphatic heterocycles. The molecule has 0 saturated carbocycles. The minimum atomic E-state index is -4.71. The van der Waals surface area contributed by atoms with E-state index in [1.807, 2.05) is 0 Å². The van der Waals surface area contributed by atoms with Crippen LogP contribution in [0.3, 0.4) is 0 Å². The quantitative estimate of drug-likeness (QED) is 0.475. The Hall–Kier alpha value is -2.77. The molecule has 0 amide bonds. The van der Waals surface area contributed by atoms with Gasteiger partial charge in [-0.3, -0.25) is 0 Å². The van der Waals surface area contributed by atoms with E-state index in [0.717, 1.165) is 5.56 Å². The molecule has 4 nitrogen and oxygen atoms in total. The first kappa shape index (κ1) is 18.6. The summed E-state index contributed by atoms with van der Waals surface area (Å²) in [6, 6.07) is 11.6. The Labute approximate surface area is 142 Å². The van der Waals surface area contributed by atoms with Gasteiger partial charge in [-0.25, -0.2) is 9.38 Å². The molecule has 0 saturated heterocycles. The van der Waals surface area contributed by atoms with Crippen LogP contribution in [0.1, 0.15) is 11.1 Å². The summed E-state index contributed by atoms with van der Waals surface area (Å²) < 4.78 is 52.8. The zero-order valence-electron chi connectivity index (χ0n) is 13.2. The van der Waals surface area contributed by atoms with Crippen LogP contribution < -0.4 is 15.8 Å². The SMILES string of the molecule is NC(=NCc1ccc(OC(F)(F)F)cc1)NCCc1ccc(F)cc1. The van der Waals surface area contributed by atoms with Gasteiger partial charge in [-0.2, -0.15) is 0 Å². The molecule has 0 unspecified atom stereocenters. The van der Waals surface area contributed by atoms with Gasteiger partial charge in [-0.05, 0) is 41.8 Å². The highest BCUT2D eigenvalue weighted by Gasteiger charge is 2.30. The van der Waals surface area contributed by atoms with E-state index in [4.69, 9.17) is 5.73 Å². The third kappa shape index (κ3) is 7.11. The Morgan fingerprint density at radius 2 is 1.60 bits per heavy atom. The maximum atomic E-state index is 12.8. The number of nitrogens with one attached hydrogen (secondary N) is 1. The van der Waals surface area contributed by atoms with Crippen LogP contribution >= 0.6 is 0 Å². The maximum absolute atomic E-state index is 12.8. The first-order valence-electron chi connectivity index (χ1n) is 7.45. The average molecular weight is 355 g/mol. The summed E-state index contributed by atoms with van der Waals surface area (Å²) >= 11 is 0. The molecule has 0 atom stereocenters. The third-order valence-corrected chi connectivity index (χ3v) is 3.22. The zero-order valence-corrected chi connectivity index (χ0v) is 13.2. The van der Waals surface area contributed by atoms with Crippen molar-refractivity contribution in [2.75, 3.05) is 6.54 Å². The van der Waals surface area contributed by atoms with Crippen molar-refractivity contribution in [1.82, 2.24) is 5.32 Å². The topological polar surface area (TPSA) is 59.6 Å². The Morgan fingerprint density at radius 1 is 1.00 bits per heavy atom. The molecule has 2 aromatic carbocycles. The van der Waals surface area contributed by atoms with E-state index in [1.54, 1.807) is 12.1 Å². The van der Waals surface area contributed by atoms with Crippen molar-refractivity contribution in [2.45, 2.75) is 19.3 Å². The van der Waals surface area contributed by atoms with Gasteiger partial charge in [0, 0.05) is 6.54 Å². The van der Waals surface area contributed by atoms with Gasteiger partial charge >= 0.3 is 6.36 Å². The summed E-state index contributed by atoms with van der Waals surface area (Å²) in [4.78, 5) is 4.10. The molecule has 0 spiro atoms. The molecule has 0 aliphatic carbocycles. The van der Waals surface area contributed by atoms with Crippen molar-refractivity contribution < 1.29 is 22.3 Å². The van der Waals surface area contributed by atoms with Crippen LogP contribution in [0, 0.1) is 5.82 Å². The number of guanidine groups is 1. The molecule has 2 aromatic rings. The zero-order chi connectivity index (χ0) is 18.3. The minimum absolute atomic E-state index is 0.220. The van der Waals surface area contributed by atoms with Gasteiger partial charge in [-0.15, -0.1) is 13.2 Å². The second kappa shape index (κ2) is 8.36. The summed E-state index contributed by atoms with van der Waals surface area (Å²) in [7, 11) is 0. The van der Waals surface area contributed by atoms with Crippen molar-refractivity contribution in [2.24, 2.45) is 10.7 Å². The Morgan fingerprint density at radius 3 is 2.20 bits per heavy atom. The van der Waals surface area contributed by atoms with Crippen molar-refractivity contribution in [3.05, 3.63) is 65.5 Å². The normalized spacial score (nSPS) is 12.1. The lowest BCUT2D eigenvalue weighted by Gasteiger charge is -2.09. The molecule has 2 rings (SSSR count). The molecule has 0 aromatic heterocycles. The number of halogens is 4. The molecule has 25 heavy (non-hydrogen) atoms. The van der Waals surface area contributed by atoms with E-state index < -0.39 is 6.36 Å². The van der Waals surface area contributed by atoms with Gasteiger partial charge in [0.05, 0.1) is 6.54 Å². The highest BCUT2D eigenvalue weighted by molar-refractivity contribution is 5.77. The number of hydrogen-bond donors (Lipinski definition) is 2. The van der Waals surface area contributed by atoms with Crippen molar-refractivity contribution >= 4 is 5.96 Å². The summed E-state index contributed by atoms with van der Waals surface area (Å²) in [5, 5.41) is 2.92. The number of hydrogen-bond acceptors (Lipinski definition) is 2. The predicted octanol–water partition coefficient (Wildman–Crippen LogP) is 3.37. The molecule has 0 aliphatic rings. The predicted molar refractivity (Wildman–Crippen MR) is 86.6 cm³/mol. The van der Waals surface area contributed by atoms with Gasteiger partial charge in [0.25, 0.3) is 0 Å². The summed E-state index contributed by atoms with van der Waals surface area (Å²) in [5.41, 5.74) is 7.38. The van der Waals surface area contributed by atoms with E-state index >= 15 is 0 Å². The molecule has 0 bridgehead atoms. The number of nitrogens with two attached hydrogens (primary N) is 1. The maximum Gasteiger partial charge on any atom is 0.573 e. The number of ether oxygens (including phenoxy) is 1. The highest BCUT2D eigenvalue weighted by atomic mass is 19.4. The van der Waals surface area contributed by atoms with Crippen LogP contribution in [-0.4, -0.2) is 18.9 Å². The first-order chi connectivity index (χ1) is 11.8. The van der Waals surface area contributed by atoms with Gasteiger partial charge < -0.3 is 15.8 Å². The monoisotopic (exact) mass is 355 g/mol. The summed E-state index contributed by atoms with van der Waals surface area (Å²) in [6.45, 7) is 0.751. The van der Waals surface area contributed by atoms with E-state index in [9.17, 15) is 17.6 Å². The van der Waals surface area contributed by atoms with Crippen LogP contribution in [0.25, 0.3) is 0 Å². The van der Waals surface area contributed by atoms with Crippen LogP contribution in [0.2, 0.25) is 0 Å². The fourth-order valence-corrected chi connectivity index (χ4v) is 2.01. The molecule has 8 heteroatoms. The number of nitrogens with zero attached hydrogens (tertiary/aromatic N) is 1. The van der Waals surface area contributed by atoms with Crippen molar-refractivity contribution in [3.63, 3.8) is 0 Å². The fourth-order valence-electron chi connectivity index (χ4n) is 2.01. The van der Waals surface area contributed by atoms with E-state index in [2.05, 4.69) is 15.0 Å². The van der Waals surface area contributed by atoms with Crippen molar-refractivity contribution in [3.8, 4) is 5.75 Å². The van der Waals surface area contributed by atoms with Crippen molar-refractivity contribution in [1.29, 1.82) is 0 Å². The van der Waals surface area contributed by atoms with Crippen LogP contribution in [0.5, 0.6) is 5.75 Å². The van der Waals surface area contributed by atoms with Crippen LogP contribution in [0.15, 0.2) is 53.5 Å². The van der Waals surface area contributed by atoms with E-state index in [0.29, 0.717) is 18.5 Å². The number of aliphatic imine (C=N–C) groups is 1. The summed E-state index contributed by atoms with van der Waals surface area (Å²) in [6.07, 6.45) is -4.06. The summed E-state index contributed by atoms with van der Waals surface area (Å²) in [5.74, 6) is -0.354. The molecular formula is C17H17F4N3O. The second-order valence-electron chi connectivity index (χ2n) is 5.20. The molecule has 134 valence electrons. The lowest BCUT2D eigenvalue weighted by Crippen LogP contribution is -2.33. The average Bonchev–Trinajstić information content (AvgIpc) is 2.55. The standard InChI is InChI=1S/C17H17F4N3O/c18-14-5-1-12(2-6-14)9-10-23-16(22)24-11-13-3-7-15(8-4-13)25-17(19,20)21/h1-8H,9-11H2,(H3,22,23,24). The minimum Gasteiger partial charge on any atom is -0.406 e. The molecule has 0 radical (unpaired) electrons. The lowest BCUT2D eigenvalue weighted by atomic mass is 10.1. The molecule has 0 fully saturated rings. The number of rotatable bonds is 6. The molecule has 3 N–H and O–H groups in total. The van der Waals surface area contributed by atoms with Crippen LogP contribution in [0.4, 0.5) is 17.6 Å². The van der Waals surface area contributed by atoms with E-state index in [1.165, 1.54) is 36.4 Å². The lowest BCUT2D eigenvalue weighted by molar-refractivity contribution is -0.274. The molecule has 0 heterocycles. The number of alkyl halides is 3. The molecular weight excluding hydrogens is 338 g/mol. The number of benzene rings is 2. The smallest absolute Gasteiger partial charge is 0.406 e. The Bertz CT molecular complexity index is 697. The Balaban J connectivity index is 1.77. The first-order valence-corrected chi connectivity index (χ1v) is 7.45. The fraction of sp³-hybridized carbons (Fsp3) is 0.235. The van der Waals surface area contributed by atoms with Gasteiger partial charge in [-0.1, -0.05) is 24.3 Å². The third-order valence-electron chi connectivity index (χ3n) is 3.22. The largest absolute Gasteiger partial charge is 0.573 e. The highest BCUT2D eigenvalue weighted by Crippen LogP contribution is 2.22. The van der Waals surface area contributed by atoms with Gasteiger partial charge in [0.15, 0.2) is 5.96 Å².